The van der Waals surface area contributed by atoms with Crippen LogP contribution in [0, 0.1) is 17.8 Å². The molecule has 5 nitrogen and oxygen atoms in total. The third kappa shape index (κ3) is 2.38. The van der Waals surface area contributed by atoms with Crippen LogP contribution in [-0.2, 0) is 10.2 Å². The van der Waals surface area contributed by atoms with Crippen molar-refractivity contribution in [3.05, 3.63) is 0 Å². The fourth-order valence-electron chi connectivity index (χ4n) is 3.28. The Morgan fingerprint density at radius 3 is 2.26 bits per heavy atom. The lowest BCUT2D eigenvalue weighted by Gasteiger charge is -2.33. The Labute approximate surface area is 119 Å². The molecule has 7 heteroatoms. The van der Waals surface area contributed by atoms with Gasteiger partial charge in [-0.1, -0.05) is 6.92 Å². The summed E-state index contributed by atoms with van der Waals surface area (Å²) in [5, 5.41) is 2.41. The minimum Gasteiger partial charge on any atom is -0.228 e. The van der Waals surface area contributed by atoms with Gasteiger partial charge in [0, 0.05) is 38.0 Å². The van der Waals surface area contributed by atoms with Crippen molar-refractivity contribution < 1.29 is 8.42 Å². The number of hydrogen-bond acceptors (Lipinski definition) is 4. The first-order chi connectivity index (χ1) is 9.04. The van der Waals surface area contributed by atoms with Crippen LogP contribution in [-0.4, -0.2) is 54.4 Å². The van der Waals surface area contributed by atoms with E-state index in [1.807, 2.05) is 0 Å². The summed E-state index contributed by atoms with van der Waals surface area (Å²) in [6.45, 7) is 4.71. The Balaban J connectivity index is 1.63. The van der Waals surface area contributed by atoms with Crippen LogP contribution in [0.1, 0.15) is 19.8 Å². The van der Waals surface area contributed by atoms with Gasteiger partial charge in [-0.05, 0) is 31.0 Å². The second kappa shape index (κ2) is 4.90. The van der Waals surface area contributed by atoms with Crippen molar-refractivity contribution in [2.24, 2.45) is 22.7 Å². The molecule has 0 aromatic carbocycles. The van der Waals surface area contributed by atoms with Crippen molar-refractivity contribution >= 4 is 27.6 Å². The van der Waals surface area contributed by atoms with Gasteiger partial charge in [-0.25, -0.2) is 4.99 Å². The molecule has 0 radical (unpaired) electrons. The van der Waals surface area contributed by atoms with Crippen molar-refractivity contribution in [2.75, 3.05) is 26.2 Å². The molecule has 2 atom stereocenters. The highest BCUT2D eigenvalue weighted by Gasteiger charge is 2.59. The van der Waals surface area contributed by atoms with Gasteiger partial charge in [-0.3, -0.25) is 0 Å². The maximum absolute atomic E-state index is 12.5. The van der Waals surface area contributed by atoms with E-state index in [0.29, 0.717) is 43.9 Å². The molecular formula is C12H19N3O2S2. The lowest BCUT2D eigenvalue weighted by atomic mass is 10.0. The van der Waals surface area contributed by atoms with Gasteiger partial charge in [0.1, 0.15) is 0 Å². The number of fused-ring (bicyclic) bond motifs is 1. The van der Waals surface area contributed by atoms with E-state index in [-0.39, 0.29) is 6.04 Å². The summed E-state index contributed by atoms with van der Waals surface area (Å²) in [7, 11) is -3.25. The predicted molar refractivity (Wildman–Crippen MR) is 76.3 cm³/mol. The molecule has 0 aromatic rings. The Morgan fingerprint density at radius 1 is 1.16 bits per heavy atom. The van der Waals surface area contributed by atoms with E-state index in [1.54, 1.807) is 8.61 Å². The van der Waals surface area contributed by atoms with Gasteiger partial charge in [-0.2, -0.15) is 17.0 Å². The lowest BCUT2D eigenvalue weighted by Crippen LogP contribution is -2.47. The quantitative estimate of drug-likeness (QED) is 0.577. The van der Waals surface area contributed by atoms with E-state index in [0.717, 1.165) is 12.8 Å². The Kier molecular flexibility index (Phi) is 3.52. The highest BCUT2D eigenvalue weighted by molar-refractivity contribution is 7.86. The molecule has 3 aliphatic rings. The van der Waals surface area contributed by atoms with Crippen LogP contribution in [0.2, 0.25) is 0 Å². The molecule has 0 spiro atoms. The van der Waals surface area contributed by atoms with Gasteiger partial charge in [0.05, 0.1) is 11.2 Å². The monoisotopic (exact) mass is 301 g/mol. The summed E-state index contributed by atoms with van der Waals surface area (Å²) >= 11 is 4.61. The Hall–Kier alpha value is -0.330. The first-order valence-electron chi connectivity index (χ1n) is 6.86. The van der Waals surface area contributed by atoms with Crippen LogP contribution in [0.4, 0.5) is 0 Å². The molecule has 0 bridgehead atoms. The molecule has 3 fully saturated rings. The standard InChI is InChI=1S/C12H19N3O2S2/c1-9-2-4-14(5-3-9)19(16,17)15-6-10-11(7-15)12(10)13-8-18/h9-12H,2-7H2,1H3. The average molecular weight is 301 g/mol. The summed E-state index contributed by atoms with van der Waals surface area (Å²) in [6, 6.07) is 0.227. The average Bonchev–Trinajstić information content (AvgIpc) is 2.85. The van der Waals surface area contributed by atoms with Gasteiger partial charge in [-0.15, -0.1) is 0 Å². The second-order valence-electron chi connectivity index (χ2n) is 5.95. The molecule has 2 unspecified atom stereocenters. The van der Waals surface area contributed by atoms with Gasteiger partial charge in [0.15, 0.2) is 0 Å². The minimum atomic E-state index is -3.25. The topological polar surface area (TPSA) is 53.0 Å². The lowest BCUT2D eigenvalue weighted by molar-refractivity contribution is 0.267. The van der Waals surface area contributed by atoms with Crippen LogP contribution < -0.4 is 0 Å². The first-order valence-corrected chi connectivity index (χ1v) is 8.66. The molecule has 0 amide bonds. The van der Waals surface area contributed by atoms with Crippen LogP contribution in [0.15, 0.2) is 4.99 Å². The van der Waals surface area contributed by atoms with Gasteiger partial charge >= 0.3 is 0 Å². The van der Waals surface area contributed by atoms with Crippen molar-refractivity contribution in [2.45, 2.75) is 25.8 Å². The number of isothiocyanates is 1. The summed E-state index contributed by atoms with van der Waals surface area (Å²) in [5.74, 6) is 1.38. The van der Waals surface area contributed by atoms with E-state index < -0.39 is 10.2 Å². The zero-order valence-electron chi connectivity index (χ0n) is 11.0. The molecule has 2 heterocycles. The highest BCUT2D eigenvalue weighted by atomic mass is 32.2. The molecule has 106 valence electrons. The summed E-state index contributed by atoms with van der Waals surface area (Å²) in [5.41, 5.74) is 0. The Morgan fingerprint density at radius 2 is 1.74 bits per heavy atom. The fourth-order valence-corrected chi connectivity index (χ4v) is 5.12. The Bertz CT molecular complexity index is 495. The number of rotatable bonds is 3. The molecule has 2 saturated heterocycles. The van der Waals surface area contributed by atoms with E-state index in [2.05, 4.69) is 29.3 Å². The smallest absolute Gasteiger partial charge is 0.228 e. The van der Waals surface area contributed by atoms with Crippen molar-refractivity contribution in [1.29, 1.82) is 0 Å². The van der Waals surface area contributed by atoms with E-state index >= 15 is 0 Å². The maximum Gasteiger partial charge on any atom is 0.281 e. The number of piperidine rings is 2. The second-order valence-corrected chi connectivity index (χ2v) is 8.06. The summed E-state index contributed by atoms with van der Waals surface area (Å²) in [4.78, 5) is 4.09. The molecular weight excluding hydrogens is 282 g/mol. The highest BCUT2D eigenvalue weighted by Crippen LogP contribution is 2.48. The predicted octanol–water partition coefficient (Wildman–Crippen LogP) is 0.996. The molecule has 0 N–H and O–H groups in total. The van der Waals surface area contributed by atoms with E-state index in [9.17, 15) is 8.42 Å². The fraction of sp³-hybridized carbons (Fsp3) is 0.917. The molecule has 1 aliphatic carbocycles. The number of hydrogen-bond donors (Lipinski definition) is 0. The van der Waals surface area contributed by atoms with E-state index in [1.165, 1.54) is 0 Å². The van der Waals surface area contributed by atoms with Gasteiger partial charge < -0.3 is 0 Å². The summed E-state index contributed by atoms with van der Waals surface area (Å²) in [6.07, 6.45) is 1.94. The summed E-state index contributed by atoms with van der Waals surface area (Å²) < 4.78 is 28.3. The van der Waals surface area contributed by atoms with Gasteiger partial charge in [0.25, 0.3) is 10.2 Å². The molecule has 19 heavy (non-hydrogen) atoms. The van der Waals surface area contributed by atoms with Crippen molar-refractivity contribution in [1.82, 2.24) is 8.61 Å². The number of nitrogens with zero attached hydrogens (tertiary/aromatic N) is 3. The van der Waals surface area contributed by atoms with Crippen LogP contribution in [0.3, 0.4) is 0 Å². The molecule has 3 rings (SSSR count). The molecule has 1 saturated carbocycles. The van der Waals surface area contributed by atoms with Crippen molar-refractivity contribution in [3.8, 4) is 0 Å². The number of aliphatic imine (C=N–C) groups is 1. The van der Waals surface area contributed by atoms with Crippen LogP contribution >= 0.6 is 12.2 Å². The number of thiocarbonyl (C=S) groups is 1. The third-order valence-corrected chi connectivity index (χ3v) is 6.79. The van der Waals surface area contributed by atoms with Gasteiger partial charge in [0.2, 0.25) is 0 Å². The van der Waals surface area contributed by atoms with E-state index in [4.69, 9.17) is 0 Å². The molecule has 0 aromatic heterocycles. The SMILES string of the molecule is CC1CCN(S(=O)(=O)N2CC3C(C2)C3N=C=S)CC1. The first kappa shape index (κ1) is 13.6. The largest absolute Gasteiger partial charge is 0.281 e. The normalized spacial score (nSPS) is 36.8. The van der Waals surface area contributed by atoms with Crippen LogP contribution in [0.25, 0.3) is 0 Å². The zero-order chi connectivity index (χ0) is 13.6. The van der Waals surface area contributed by atoms with Crippen LogP contribution in [0.5, 0.6) is 0 Å². The third-order valence-electron chi connectivity index (χ3n) is 4.71. The minimum absolute atomic E-state index is 0.227. The maximum atomic E-state index is 12.5. The van der Waals surface area contributed by atoms with Crippen molar-refractivity contribution in [3.63, 3.8) is 0 Å². The molecule has 2 aliphatic heterocycles. The zero-order valence-corrected chi connectivity index (χ0v) is 12.7.